The van der Waals surface area contributed by atoms with Gasteiger partial charge in [-0.05, 0) is 78.2 Å². The predicted molar refractivity (Wildman–Crippen MR) is 102 cm³/mol. The van der Waals surface area contributed by atoms with Crippen LogP contribution in [0, 0.1) is 13.8 Å². The number of carbonyl (C=O) groups excluding carboxylic acids is 2. The molecule has 2 amide bonds. The molecule has 0 fully saturated rings. The van der Waals surface area contributed by atoms with Gasteiger partial charge in [-0.25, -0.2) is 0 Å². The van der Waals surface area contributed by atoms with Gasteiger partial charge >= 0.3 is 0 Å². The van der Waals surface area contributed by atoms with Crippen LogP contribution in [0.5, 0.6) is 11.5 Å². The van der Waals surface area contributed by atoms with Gasteiger partial charge in [-0.3, -0.25) is 20.4 Å². The van der Waals surface area contributed by atoms with Crippen molar-refractivity contribution in [3.05, 3.63) is 57.6 Å². The van der Waals surface area contributed by atoms with Gasteiger partial charge < -0.3 is 9.47 Å². The molecule has 2 rings (SSSR count). The van der Waals surface area contributed by atoms with Crippen LogP contribution in [0.1, 0.15) is 28.4 Å². The first-order valence-electron chi connectivity index (χ1n) is 7.99. The average molecular weight is 421 g/mol. The van der Waals surface area contributed by atoms with E-state index < -0.39 is 17.9 Å². The number of hydrazine groups is 1. The highest BCUT2D eigenvalue weighted by atomic mass is 79.9. The summed E-state index contributed by atoms with van der Waals surface area (Å²) in [6.07, 6.45) is -0.764. The van der Waals surface area contributed by atoms with Crippen LogP contribution in [0.25, 0.3) is 0 Å². The van der Waals surface area contributed by atoms with Crippen LogP contribution in [0.2, 0.25) is 0 Å². The third-order valence-corrected chi connectivity index (χ3v) is 4.49. The highest BCUT2D eigenvalue weighted by Gasteiger charge is 2.16. The van der Waals surface area contributed by atoms with Crippen molar-refractivity contribution in [1.82, 2.24) is 10.9 Å². The number of ether oxygens (including phenoxy) is 2. The maximum absolute atomic E-state index is 12.1. The Hall–Kier alpha value is -2.54. The van der Waals surface area contributed by atoms with Crippen molar-refractivity contribution in [2.75, 3.05) is 7.11 Å². The fourth-order valence-corrected chi connectivity index (χ4v) is 2.69. The summed E-state index contributed by atoms with van der Waals surface area (Å²) in [5, 5.41) is 0. The summed E-state index contributed by atoms with van der Waals surface area (Å²) in [6, 6.07) is 10.5. The molecule has 0 aliphatic rings. The van der Waals surface area contributed by atoms with Gasteiger partial charge in [0.05, 0.1) is 11.6 Å². The zero-order chi connectivity index (χ0) is 19.3. The Balaban J connectivity index is 1.91. The lowest BCUT2D eigenvalue weighted by atomic mass is 10.1. The second-order valence-electron chi connectivity index (χ2n) is 5.80. The van der Waals surface area contributed by atoms with Crippen LogP contribution >= 0.6 is 15.9 Å². The summed E-state index contributed by atoms with van der Waals surface area (Å²) in [6.45, 7) is 5.59. The van der Waals surface area contributed by atoms with Gasteiger partial charge in [0.1, 0.15) is 11.5 Å². The van der Waals surface area contributed by atoms with E-state index in [1.54, 1.807) is 31.2 Å². The van der Waals surface area contributed by atoms with Gasteiger partial charge in [0.15, 0.2) is 6.10 Å². The third-order valence-electron chi connectivity index (χ3n) is 3.87. The summed E-state index contributed by atoms with van der Waals surface area (Å²) in [5.41, 5.74) is 7.33. The molecule has 2 aromatic rings. The van der Waals surface area contributed by atoms with Gasteiger partial charge in [-0.2, -0.15) is 0 Å². The number of aryl methyl sites for hydroxylation is 2. The molecule has 2 aromatic carbocycles. The summed E-state index contributed by atoms with van der Waals surface area (Å²) >= 11 is 3.31. The van der Waals surface area contributed by atoms with Gasteiger partial charge in [0.25, 0.3) is 11.8 Å². The molecule has 7 heteroatoms. The molecule has 0 heterocycles. The molecule has 0 saturated carbocycles. The van der Waals surface area contributed by atoms with Crippen molar-refractivity contribution in [2.24, 2.45) is 0 Å². The second-order valence-corrected chi connectivity index (χ2v) is 6.65. The molecule has 0 radical (unpaired) electrons. The number of methoxy groups -OCH3 is 1. The number of hydrogen-bond acceptors (Lipinski definition) is 4. The Bertz CT molecular complexity index is 823. The molecular weight excluding hydrogens is 400 g/mol. The third kappa shape index (κ3) is 4.98. The molecule has 2 N–H and O–H groups in total. The Morgan fingerprint density at radius 2 is 1.77 bits per heavy atom. The van der Waals surface area contributed by atoms with Crippen molar-refractivity contribution in [3.8, 4) is 11.5 Å². The number of benzene rings is 2. The van der Waals surface area contributed by atoms with Crippen LogP contribution in [0.4, 0.5) is 0 Å². The van der Waals surface area contributed by atoms with E-state index in [4.69, 9.17) is 9.47 Å². The Morgan fingerprint density at radius 1 is 1.04 bits per heavy atom. The van der Waals surface area contributed by atoms with Crippen molar-refractivity contribution in [2.45, 2.75) is 26.9 Å². The minimum atomic E-state index is -0.764. The lowest BCUT2D eigenvalue weighted by Gasteiger charge is -2.16. The first kappa shape index (κ1) is 19.8. The predicted octanol–water partition coefficient (Wildman–Crippen LogP) is 3.30. The van der Waals surface area contributed by atoms with Gasteiger partial charge in [0.2, 0.25) is 0 Å². The largest absolute Gasteiger partial charge is 0.496 e. The fraction of sp³-hybridized carbons (Fsp3) is 0.263. The normalized spacial score (nSPS) is 11.4. The van der Waals surface area contributed by atoms with Crippen molar-refractivity contribution in [1.29, 1.82) is 0 Å². The maximum atomic E-state index is 12.1. The highest BCUT2D eigenvalue weighted by Crippen LogP contribution is 2.25. The Labute approximate surface area is 161 Å². The van der Waals surface area contributed by atoms with Gasteiger partial charge in [-0.1, -0.05) is 6.07 Å². The number of halogens is 1. The van der Waals surface area contributed by atoms with E-state index in [2.05, 4.69) is 26.8 Å². The lowest BCUT2D eigenvalue weighted by molar-refractivity contribution is -0.128. The quantitative estimate of drug-likeness (QED) is 0.727. The van der Waals surface area contributed by atoms with E-state index in [9.17, 15) is 9.59 Å². The maximum Gasteiger partial charge on any atom is 0.279 e. The number of nitrogens with one attached hydrogen (secondary N) is 2. The lowest BCUT2D eigenvalue weighted by Crippen LogP contribution is -2.47. The molecular formula is C19H21BrN2O4. The smallest absolute Gasteiger partial charge is 0.279 e. The topological polar surface area (TPSA) is 76.7 Å². The molecule has 0 aromatic heterocycles. The summed E-state index contributed by atoms with van der Waals surface area (Å²) in [4.78, 5) is 24.3. The number of amides is 2. The van der Waals surface area contributed by atoms with Crippen molar-refractivity contribution >= 4 is 27.7 Å². The fourth-order valence-electron chi connectivity index (χ4n) is 2.14. The van der Waals surface area contributed by atoms with Crippen LogP contribution in [-0.2, 0) is 4.79 Å². The van der Waals surface area contributed by atoms with E-state index >= 15 is 0 Å². The summed E-state index contributed by atoms with van der Waals surface area (Å²) in [5.74, 6) is 0.311. The van der Waals surface area contributed by atoms with E-state index in [0.29, 0.717) is 21.5 Å². The molecule has 0 bridgehead atoms. The molecule has 1 unspecified atom stereocenters. The summed E-state index contributed by atoms with van der Waals surface area (Å²) < 4.78 is 11.4. The molecule has 0 spiro atoms. The highest BCUT2D eigenvalue weighted by molar-refractivity contribution is 9.10. The minimum absolute atomic E-state index is 0.376. The standard InChI is InChI=1S/C19H21BrN2O4/c1-11-5-7-15(9-12(11)2)26-13(3)18(23)21-22-19(24)14-6-8-17(25-4)16(20)10-14/h5-10,13H,1-4H3,(H,21,23)(H,22,24). The Morgan fingerprint density at radius 3 is 2.38 bits per heavy atom. The van der Waals surface area contributed by atoms with Gasteiger partial charge in [-0.15, -0.1) is 0 Å². The van der Waals surface area contributed by atoms with E-state index in [-0.39, 0.29) is 0 Å². The van der Waals surface area contributed by atoms with Crippen LogP contribution < -0.4 is 20.3 Å². The van der Waals surface area contributed by atoms with Crippen LogP contribution in [0.3, 0.4) is 0 Å². The van der Waals surface area contributed by atoms with E-state index in [1.165, 1.54) is 7.11 Å². The second kappa shape index (κ2) is 8.71. The minimum Gasteiger partial charge on any atom is -0.496 e. The first-order chi connectivity index (χ1) is 12.3. The zero-order valence-electron chi connectivity index (χ0n) is 15.1. The molecule has 1 atom stereocenters. The molecule has 26 heavy (non-hydrogen) atoms. The molecule has 0 aliphatic heterocycles. The summed E-state index contributed by atoms with van der Waals surface area (Å²) in [7, 11) is 1.54. The monoisotopic (exact) mass is 420 g/mol. The van der Waals surface area contributed by atoms with E-state index in [0.717, 1.165) is 11.1 Å². The first-order valence-corrected chi connectivity index (χ1v) is 8.78. The van der Waals surface area contributed by atoms with Crippen LogP contribution in [-0.4, -0.2) is 25.0 Å². The SMILES string of the molecule is COc1ccc(C(=O)NNC(=O)C(C)Oc2ccc(C)c(C)c2)cc1Br. The number of carbonyl (C=O) groups is 2. The Kier molecular flexibility index (Phi) is 6.63. The molecule has 0 aliphatic carbocycles. The molecule has 0 saturated heterocycles. The van der Waals surface area contributed by atoms with Crippen molar-refractivity contribution < 1.29 is 19.1 Å². The zero-order valence-corrected chi connectivity index (χ0v) is 16.6. The average Bonchev–Trinajstić information content (AvgIpc) is 2.62. The molecule has 6 nitrogen and oxygen atoms in total. The molecule has 138 valence electrons. The van der Waals surface area contributed by atoms with Crippen molar-refractivity contribution in [3.63, 3.8) is 0 Å². The van der Waals surface area contributed by atoms with E-state index in [1.807, 2.05) is 26.0 Å². The number of rotatable bonds is 5. The van der Waals surface area contributed by atoms with Gasteiger partial charge in [0, 0.05) is 5.56 Å². The number of hydrogen-bond donors (Lipinski definition) is 2. The van der Waals surface area contributed by atoms with Crippen LogP contribution in [0.15, 0.2) is 40.9 Å².